The number of carbonyl (C=O) groups excluding carboxylic acids is 2. The number of rotatable bonds is 6. The molecule has 0 amide bonds. The minimum Gasteiger partial charge on any atom is -0.550 e. The van der Waals surface area contributed by atoms with E-state index in [1.807, 2.05) is 0 Å². The van der Waals surface area contributed by atoms with Crippen molar-refractivity contribution >= 4 is 69.4 Å². The maximum absolute atomic E-state index is 9.64. The fourth-order valence-electron chi connectivity index (χ4n) is 0.418. The minimum absolute atomic E-state index is 0. The second-order valence-corrected chi connectivity index (χ2v) is 2.53. The van der Waals surface area contributed by atoms with Gasteiger partial charge in [-0.15, -0.1) is 0 Å². The number of carboxylic acid groups (broad SMARTS) is 4. The van der Waals surface area contributed by atoms with Crippen molar-refractivity contribution in [2.75, 3.05) is 0 Å². The van der Waals surface area contributed by atoms with Crippen LogP contribution in [0.4, 0.5) is 0 Å². The molecule has 17 heavy (non-hydrogen) atoms. The van der Waals surface area contributed by atoms with E-state index in [-0.39, 0.29) is 58.3 Å². The molecule has 0 bridgehead atoms. The summed E-state index contributed by atoms with van der Waals surface area (Å²) in [5, 5.41) is 34.8. The number of carboxylic acids is 4. The van der Waals surface area contributed by atoms with Crippen molar-refractivity contribution in [1.29, 1.82) is 0 Å². The average molecular weight is 322 g/mol. The van der Waals surface area contributed by atoms with Gasteiger partial charge in [0.2, 0.25) is 0 Å². The van der Waals surface area contributed by atoms with Gasteiger partial charge in [0, 0.05) is 11.9 Å². The molecule has 0 radical (unpaired) electrons. The van der Waals surface area contributed by atoms with Gasteiger partial charge >= 0.3 is 57.4 Å². The predicted octanol–water partition coefficient (Wildman–Crippen LogP) is -3.18. The molecule has 0 heterocycles. The zero-order valence-corrected chi connectivity index (χ0v) is 12.4. The third kappa shape index (κ3) is 31.3. The Hall–Kier alpha value is -0.639. The molecule has 0 unspecified atom stereocenters. The van der Waals surface area contributed by atoms with E-state index in [1.165, 1.54) is 0 Å². The molecule has 0 aliphatic rings. The second kappa shape index (κ2) is 13.4. The van der Waals surface area contributed by atoms with Crippen LogP contribution in [-0.2, 0) is 19.2 Å². The third-order valence-corrected chi connectivity index (χ3v) is 1.09. The van der Waals surface area contributed by atoms with Crippen molar-refractivity contribution in [2.24, 2.45) is 0 Å². The van der Waals surface area contributed by atoms with E-state index in [4.69, 9.17) is 10.2 Å². The average Bonchev–Trinajstić information content (AvgIpc) is 2.12. The van der Waals surface area contributed by atoms with Gasteiger partial charge < -0.3 is 30.0 Å². The van der Waals surface area contributed by atoms with E-state index >= 15 is 0 Å². The molecule has 9 heteroatoms. The van der Waals surface area contributed by atoms with Crippen molar-refractivity contribution < 1.29 is 39.6 Å². The van der Waals surface area contributed by atoms with Crippen molar-refractivity contribution in [3.05, 3.63) is 0 Å². The summed E-state index contributed by atoms with van der Waals surface area (Å²) in [6.45, 7) is 0. The summed E-state index contributed by atoms with van der Waals surface area (Å²) in [4.78, 5) is 38.3. The van der Waals surface area contributed by atoms with Crippen molar-refractivity contribution in [3.8, 4) is 0 Å². The van der Waals surface area contributed by atoms with Crippen LogP contribution in [0, 0.1) is 0 Å². The van der Waals surface area contributed by atoms with Gasteiger partial charge in [0.25, 0.3) is 0 Å². The Labute approximate surface area is 134 Å². The Kier molecular flexibility index (Phi) is 17.1. The van der Waals surface area contributed by atoms with E-state index in [9.17, 15) is 29.4 Å². The molecule has 0 atom stereocenters. The zero-order valence-electron chi connectivity index (χ0n) is 8.88. The first-order valence-corrected chi connectivity index (χ1v) is 4.09. The van der Waals surface area contributed by atoms with Gasteiger partial charge in [-0.1, -0.05) is 0 Å². The molecule has 2 N–H and O–H groups in total. The molecule has 0 saturated heterocycles. The topological polar surface area (TPSA) is 155 Å². The normalized spacial score (nSPS) is 8.00. The molecule has 0 spiro atoms. The maximum atomic E-state index is 9.64. The van der Waals surface area contributed by atoms with Crippen LogP contribution < -0.4 is 10.2 Å². The van der Waals surface area contributed by atoms with Crippen LogP contribution in [0.2, 0.25) is 0 Å². The molecule has 0 aliphatic carbocycles. The van der Waals surface area contributed by atoms with Gasteiger partial charge in [-0.05, 0) is 12.8 Å². The molecule has 92 valence electrons. The van der Waals surface area contributed by atoms with Crippen molar-refractivity contribution in [3.63, 3.8) is 0 Å². The first kappa shape index (κ1) is 21.6. The molecular formula is C8H10O8Sr. The van der Waals surface area contributed by atoms with Gasteiger partial charge in [-0.25, -0.2) is 0 Å². The largest absolute Gasteiger partial charge is 2.00 e. The van der Waals surface area contributed by atoms with Gasteiger partial charge in [-0.3, -0.25) is 9.59 Å². The number of aliphatic carboxylic acids is 4. The van der Waals surface area contributed by atoms with E-state index in [2.05, 4.69) is 0 Å². The Morgan fingerprint density at radius 3 is 1.06 bits per heavy atom. The number of carbonyl (C=O) groups is 4. The summed E-state index contributed by atoms with van der Waals surface area (Å²) in [6.07, 6.45) is -1.53. The Bertz CT molecular complexity index is 219. The second-order valence-electron chi connectivity index (χ2n) is 2.53. The monoisotopic (exact) mass is 322 g/mol. The van der Waals surface area contributed by atoms with Crippen LogP contribution in [-0.4, -0.2) is 79.6 Å². The summed E-state index contributed by atoms with van der Waals surface area (Å²) in [5.41, 5.74) is 0. The first-order valence-electron chi connectivity index (χ1n) is 4.09. The molecule has 0 fully saturated rings. The van der Waals surface area contributed by atoms with Gasteiger partial charge in [0.15, 0.2) is 0 Å². The van der Waals surface area contributed by atoms with E-state index in [1.54, 1.807) is 0 Å². The molecular weight excluding hydrogens is 312 g/mol. The smallest absolute Gasteiger partial charge is 0.550 e. The standard InChI is InChI=1S/2C4H6O4.Sr/c2*5-3(6)1-2-4(7)8;/h2*1-2H2,(H,5,6)(H,7,8);/q;;+2/p-2. The van der Waals surface area contributed by atoms with E-state index in [0.29, 0.717) is 0 Å². The quantitative estimate of drug-likeness (QED) is 0.485. The summed E-state index contributed by atoms with van der Waals surface area (Å²) in [7, 11) is 0. The molecule has 0 rings (SSSR count). The van der Waals surface area contributed by atoms with Crippen LogP contribution in [0.3, 0.4) is 0 Å². The summed E-state index contributed by atoms with van der Waals surface area (Å²) >= 11 is 0. The van der Waals surface area contributed by atoms with E-state index < -0.39 is 36.7 Å². The molecule has 8 nitrogen and oxygen atoms in total. The SMILES string of the molecule is O=C(O)CCC(=O)O.O=C([O-])CCC(=O)[O-].[Sr+2]. The van der Waals surface area contributed by atoms with Crippen LogP contribution in [0.5, 0.6) is 0 Å². The van der Waals surface area contributed by atoms with Crippen LogP contribution in [0.15, 0.2) is 0 Å². The third-order valence-electron chi connectivity index (χ3n) is 1.09. The van der Waals surface area contributed by atoms with Gasteiger partial charge in [0.05, 0.1) is 12.8 Å². The zero-order chi connectivity index (χ0) is 13.1. The summed E-state index contributed by atoms with van der Waals surface area (Å²) in [6, 6.07) is 0. The molecule has 0 aliphatic heterocycles. The predicted molar refractivity (Wildman–Crippen MR) is 49.5 cm³/mol. The van der Waals surface area contributed by atoms with Crippen molar-refractivity contribution in [1.82, 2.24) is 0 Å². The molecule has 0 saturated carbocycles. The number of hydrogen-bond donors (Lipinski definition) is 2. The first-order chi connectivity index (χ1) is 7.25. The molecule has 0 aromatic carbocycles. The Morgan fingerprint density at radius 1 is 0.706 bits per heavy atom. The van der Waals surface area contributed by atoms with Gasteiger partial charge in [0.1, 0.15) is 0 Å². The number of hydrogen-bond acceptors (Lipinski definition) is 6. The van der Waals surface area contributed by atoms with Gasteiger partial charge in [-0.2, -0.15) is 0 Å². The molecule has 0 aromatic heterocycles. The van der Waals surface area contributed by atoms with Crippen LogP contribution in [0.1, 0.15) is 25.7 Å². The Balaban J connectivity index is -0.000000218. The fraction of sp³-hybridized carbons (Fsp3) is 0.500. The van der Waals surface area contributed by atoms with Crippen LogP contribution >= 0.6 is 0 Å². The summed E-state index contributed by atoms with van der Waals surface area (Å²) < 4.78 is 0. The van der Waals surface area contributed by atoms with Crippen molar-refractivity contribution in [2.45, 2.75) is 25.7 Å². The summed E-state index contributed by atoms with van der Waals surface area (Å²) in [5.74, 6) is -4.89. The fourth-order valence-corrected chi connectivity index (χ4v) is 0.418. The van der Waals surface area contributed by atoms with Crippen LogP contribution in [0.25, 0.3) is 0 Å². The Morgan fingerprint density at radius 2 is 0.941 bits per heavy atom. The van der Waals surface area contributed by atoms with E-state index in [0.717, 1.165) is 0 Å². The minimum atomic E-state index is -1.37. The molecule has 0 aromatic rings. The maximum Gasteiger partial charge on any atom is 2.00 e.